The maximum atomic E-state index is 11.4. The van der Waals surface area contributed by atoms with Crippen molar-refractivity contribution < 1.29 is 4.74 Å². The van der Waals surface area contributed by atoms with E-state index in [-0.39, 0.29) is 11.8 Å². The monoisotopic (exact) mass is 169 g/mol. The molecule has 1 aromatic heterocycles. The number of ether oxygens (including phenoxy) is 1. The van der Waals surface area contributed by atoms with Gasteiger partial charge in [0.2, 0.25) is 0 Å². The van der Waals surface area contributed by atoms with Crippen LogP contribution in [0.1, 0.15) is 5.82 Å². The molecule has 1 unspecified atom stereocenters. The molecule has 12 heavy (non-hydrogen) atoms. The lowest BCUT2D eigenvalue weighted by atomic mass is 10.5. The standard InChI is InChI=1S/C7H11N3O2/c1-5-8-10(3-6-4-12-6)7(11)9(5)2/h6H,3-4H2,1-2H3. The lowest BCUT2D eigenvalue weighted by molar-refractivity contribution is 0.369. The van der Waals surface area contributed by atoms with Gasteiger partial charge >= 0.3 is 5.69 Å². The second-order valence-corrected chi connectivity index (χ2v) is 3.03. The highest BCUT2D eigenvalue weighted by molar-refractivity contribution is 4.83. The van der Waals surface area contributed by atoms with Crippen molar-refractivity contribution in [2.24, 2.45) is 7.05 Å². The van der Waals surface area contributed by atoms with Crippen molar-refractivity contribution in [1.82, 2.24) is 14.3 Å². The quantitative estimate of drug-likeness (QED) is 0.549. The molecule has 0 aliphatic carbocycles. The Morgan fingerprint density at radius 2 is 2.42 bits per heavy atom. The van der Waals surface area contributed by atoms with Crippen molar-refractivity contribution in [2.45, 2.75) is 19.6 Å². The molecule has 1 saturated heterocycles. The second-order valence-electron chi connectivity index (χ2n) is 3.03. The summed E-state index contributed by atoms with van der Waals surface area (Å²) in [7, 11) is 1.72. The summed E-state index contributed by atoms with van der Waals surface area (Å²) in [6.07, 6.45) is 0.206. The van der Waals surface area contributed by atoms with Crippen molar-refractivity contribution >= 4 is 0 Å². The summed E-state index contributed by atoms with van der Waals surface area (Å²) < 4.78 is 7.99. The third-order valence-electron chi connectivity index (χ3n) is 2.04. The van der Waals surface area contributed by atoms with Crippen LogP contribution in [0.3, 0.4) is 0 Å². The molecule has 0 radical (unpaired) electrons. The van der Waals surface area contributed by atoms with Crippen molar-refractivity contribution in [2.75, 3.05) is 6.61 Å². The van der Waals surface area contributed by atoms with E-state index < -0.39 is 0 Å². The number of epoxide rings is 1. The number of hydrogen-bond acceptors (Lipinski definition) is 3. The number of aromatic nitrogens is 3. The fourth-order valence-electron chi connectivity index (χ4n) is 1.08. The van der Waals surface area contributed by atoms with Crippen molar-refractivity contribution in [1.29, 1.82) is 0 Å². The molecule has 2 rings (SSSR count). The van der Waals surface area contributed by atoms with E-state index in [1.54, 1.807) is 7.05 Å². The van der Waals surface area contributed by atoms with Crippen LogP contribution in [0, 0.1) is 6.92 Å². The largest absolute Gasteiger partial charge is 0.371 e. The second kappa shape index (κ2) is 2.45. The number of aryl methyl sites for hydroxylation is 1. The van der Waals surface area contributed by atoms with E-state index in [2.05, 4.69) is 5.10 Å². The molecule has 0 spiro atoms. The maximum absolute atomic E-state index is 11.4. The third-order valence-corrected chi connectivity index (χ3v) is 2.04. The molecular formula is C7H11N3O2. The average molecular weight is 169 g/mol. The highest BCUT2D eigenvalue weighted by Gasteiger charge is 2.24. The number of hydrogen-bond donors (Lipinski definition) is 0. The lowest BCUT2D eigenvalue weighted by Gasteiger charge is -1.91. The Bertz CT molecular complexity index is 348. The van der Waals surface area contributed by atoms with E-state index in [9.17, 15) is 4.79 Å². The Morgan fingerprint density at radius 1 is 1.75 bits per heavy atom. The number of nitrogens with zero attached hydrogens (tertiary/aromatic N) is 3. The minimum absolute atomic E-state index is 0.0667. The topological polar surface area (TPSA) is 52.4 Å². The molecule has 1 aromatic rings. The summed E-state index contributed by atoms with van der Waals surface area (Å²) in [4.78, 5) is 11.4. The van der Waals surface area contributed by atoms with Gasteiger partial charge in [-0.25, -0.2) is 9.48 Å². The van der Waals surface area contributed by atoms with Gasteiger partial charge in [0.05, 0.1) is 13.2 Å². The Labute approximate surface area is 69.6 Å². The van der Waals surface area contributed by atoms with E-state index in [0.29, 0.717) is 6.54 Å². The predicted molar refractivity (Wildman–Crippen MR) is 41.9 cm³/mol. The minimum Gasteiger partial charge on any atom is -0.371 e. The van der Waals surface area contributed by atoms with E-state index >= 15 is 0 Å². The van der Waals surface area contributed by atoms with Crippen LogP contribution in [0.5, 0.6) is 0 Å². The fourth-order valence-corrected chi connectivity index (χ4v) is 1.08. The summed E-state index contributed by atoms with van der Waals surface area (Å²) in [5.41, 5.74) is -0.0667. The Balaban J connectivity index is 2.30. The van der Waals surface area contributed by atoms with Crippen LogP contribution in [0.25, 0.3) is 0 Å². The molecule has 0 aromatic carbocycles. The molecule has 1 aliphatic heterocycles. The molecule has 0 N–H and O–H groups in total. The van der Waals surface area contributed by atoms with Gasteiger partial charge in [0.15, 0.2) is 0 Å². The zero-order valence-electron chi connectivity index (χ0n) is 7.15. The van der Waals surface area contributed by atoms with Crippen molar-refractivity contribution in [3.05, 3.63) is 16.3 Å². The van der Waals surface area contributed by atoms with Crippen molar-refractivity contribution in [3.63, 3.8) is 0 Å². The van der Waals surface area contributed by atoms with E-state index in [1.165, 1.54) is 9.25 Å². The Morgan fingerprint density at radius 3 is 2.83 bits per heavy atom. The van der Waals surface area contributed by atoms with Gasteiger partial charge in [0.1, 0.15) is 11.9 Å². The first-order chi connectivity index (χ1) is 5.68. The molecule has 2 heterocycles. The zero-order chi connectivity index (χ0) is 8.72. The van der Waals surface area contributed by atoms with Gasteiger partial charge in [-0.3, -0.25) is 4.57 Å². The van der Waals surface area contributed by atoms with E-state index in [1.807, 2.05) is 6.92 Å². The SMILES string of the molecule is Cc1nn(CC2CO2)c(=O)n1C. The number of rotatable bonds is 2. The molecule has 1 atom stereocenters. The molecule has 5 heteroatoms. The molecular weight excluding hydrogens is 158 g/mol. The molecule has 1 aliphatic rings. The van der Waals surface area contributed by atoms with Gasteiger partial charge in [0.25, 0.3) is 0 Å². The third kappa shape index (κ3) is 1.16. The van der Waals surface area contributed by atoms with Gasteiger partial charge in [0, 0.05) is 7.05 Å². The smallest absolute Gasteiger partial charge is 0.345 e. The molecule has 0 bridgehead atoms. The highest BCUT2D eigenvalue weighted by atomic mass is 16.6. The van der Waals surface area contributed by atoms with E-state index in [0.717, 1.165) is 12.4 Å². The predicted octanol–water partition coefficient (Wildman–Crippen LogP) is -0.711. The summed E-state index contributed by atoms with van der Waals surface area (Å²) in [6, 6.07) is 0. The molecule has 0 amide bonds. The first kappa shape index (κ1) is 7.54. The van der Waals surface area contributed by atoms with Crippen LogP contribution >= 0.6 is 0 Å². The highest BCUT2D eigenvalue weighted by Crippen LogP contribution is 2.09. The zero-order valence-corrected chi connectivity index (χ0v) is 7.15. The summed E-state index contributed by atoms with van der Waals surface area (Å²) >= 11 is 0. The van der Waals surface area contributed by atoms with Gasteiger partial charge < -0.3 is 4.74 Å². The van der Waals surface area contributed by atoms with Crippen molar-refractivity contribution in [3.8, 4) is 0 Å². The van der Waals surface area contributed by atoms with Crippen LogP contribution in [0.4, 0.5) is 0 Å². The van der Waals surface area contributed by atoms with Gasteiger partial charge in [-0.05, 0) is 6.92 Å². The van der Waals surface area contributed by atoms with Crippen LogP contribution in [-0.2, 0) is 18.3 Å². The van der Waals surface area contributed by atoms with Gasteiger partial charge in [-0.15, -0.1) is 0 Å². The average Bonchev–Trinajstić information content (AvgIpc) is 2.80. The van der Waals surface area contributed by atoms with E-state index in [4.69, 9.17) is 4.74 Å². The molecule has 5 nitrogen and oxygen atoms in total. The molecule has 66 valence electrons. The minimum atomic E-state index is -0.0667. The lowest BCUT2D eigenvalue weighted by Crippen LogP contribution is -2.25. The van der Waals surface area contributed by atoms with Crippen LogP contribution < -0.4 is 5.69 Å². The summed E-state index contributed by atoms with van der Waals surface area (Å²) in [6.45, 7) is 3.15. The van der Waals surface area contributed by atoms with Crippen LogP contribution in [0.2, 0.25) is 0 Å². The molecule has 0 saturated carbocycles. The van der Waals surface area contributed by atoms with Crippen LogP contribution in [0.15, 0.2) is 4.79 Å². The fraction of sp³-hybridized carbons (Fsp3) is 0.714. The van der Waals surface area contributed by atoms with Gasteiger partial charge in [-0.2, -0.15) is 5.10 Å². The van der Waals surface area contributed by atoms with Gasteiger partial charge in [-0.1, -0.05) is 0 Å². The maximum Gasteiger partial charge on any atom is 0.345 e. The normalized spacial score (nSPS) is 21.3. The van der Waals surface area contributed by atoms with Crippen LogP contribution in [-0.4, -0.2) is 27.1 Å². The first-order valence-corrected chi connectivity index (χ1v) is 3.90. The molecule has 1 fully saturated rings. The Kier molecular flexibility index (Phi) is 1.54. The first-order valence-electron chi connectivity index (χ1n) is 3.90. The Hall–Kier alpha value is -1.10. The summed E-state index contributed by atoms with van der Waals surface area (Å²) in [5.74, 6) is 0.737. The summed E-state index contributed by atoms with van der Waals surface area (Å²) in [5, 5.41) is 4.08.